The maximum absolute atomic E-state index is 8.80. The van der Waals surface area contributed by atoms with Crippen molar-refractivity contribution in [2.24, 2.45) is 0 Å². The molecule has 0 amide bonds. The van der Waals surface area contributed by atoms with E-state index in [1.807, 2.05) is 19.1 Å². The lowest BCUT2D eigenvalue weighted by Gasteiger charge is -2.01. The zero-order chi connectivity index (χ0) is 8.97. The van der Waals surface area contributed by atoms with Crippen LogP contribution in [0.3, 0.4) is 0 Å². The monoisotopic (exact) mass is 158 g/mol. The van der Waals surface area contributed by atoms with Crippen molar-refractivity contribution < 1.29 is 0 Å². The Balaban J connectivity index is 3.13. The molecule has 1 nitrogen and oxygen atoms in total. The first kappa shape index (κ1) is 8.80. The summed E-state index contributed by atoms with van der Waals surface area (Å²) in [7, 11) is 0. The fraction of sp³-hybridized carbons (Fsp3) is 0.364. The maximum atomic E-state index is 8.80. The summed E-state index contributed by atoms with van der Waals surface area (Å²) >= 11 is 0. The van der Waals surface area contributed by atoms with Crippen molar-refractivity contribution in [2.75, 3.05) is 0 Å². The number of hydrogen-bond donors (Lipinski definition) is 0. The largest absolute Gasteiger partial charge is 0.192 e. The molecule has 0 unspecified atom stereocenters. The van der Waals surface area contributed by atoms with Crippen molar-refractivity contribution in [3.05, 3.63) is 34.9 Å². The molecule has 0 aliphatic rings. The fourth-order valence-corrected chi connectivity index (χ4v) is 1.17. The summed E-state index contributed by atoms with van der Waals surface area (Å²) in [5.41, 5.74) is 2.98. The smallest absolute Gasteiger partial charge is 0.0994 e. The van der Waals surface area contributed by atoms with Crippen molar-refractivity contribution in [1.82, 2.24) is 0 Å². The first-order valence-electron chi connectivity index (χ1n) is 4.25. The van der Waals surface area contributed by atoms with Crippen LogP contribution in [0.1, 0.15) is 30.5 Å². The highest BCUT2D eigenvalue weighted by molar-refractivity contribution is 5.39. The quantitative estimate of drug-likeness (QED) is 0.648. The summed E-state index contributed by atoms with van der Waals surface area (Å²) in [6.07, 6.45) is 1.85. The molecule has 0 saturated carbocycles. The molecule has 0 atom stereocenters. The molecule has 1 aromatic rings. The standard InChI is InChI=1S/C11H12N/c1-3-9-5-6-10(4-2)11(7-9)8-12/h5,7H,3-4H2,1-2H3. The number of hydrogen-bond acceptors (Lipinski definition) is 1. The molecule has 0 aromatic heterocycles. The lowest BCUT2D eigenvalue weighted by Crippen LogP contribution is -1.90. The molecular weight excluding hydrogens is 146 g/mol. The van der Waals surface area contributed by atoms with E-state index in [0.717, 1.165) is 24.0 Å². The van der Waals surface area contributed by atoms with E-state index in [1.54, 1.807) is 0 Å². The van der Waals surface area contributed by atoms with E-state index in [1.165, 1.54) is 5.56 Å². The van der Waals surface area contributed by atoms with Gasteiger partial charge in [-0.15, -0.1) is 0 Å². The molecule has 0 aliphatic carbocycles. The lowest BCUT2D eigenvalue weighted by molar-refractivity contribution is 1.09. The van der Waals surface area contributed by atoms with E-state index < -0.39 is 0 Å². The third-order valence-electron chi connectivity index (χ3n) is 1.97. The third-order valence-corrected chi connectivity index (χ3v) is 1.97. The Morgan fingerprint density at radius 3 is 2.67 bits per heavy atom. The van der Waals surface area contributed by atoms with Crippen LogP contribution in [0, 0.1) is 17.4 Å². The molecule has 1 aromatic carbocycles. The molecule has 12 heavy (non-hydrogen) atoms. The van der Waals surface area contributed by atoms with Crippen molar-refractivity contribution >= 4 is 0 Å². The Morgan fingerprint density at radius 2 is 2.17 bits per heavy atom. The van der Waals surface area contributed by atoms with Crippen molar-refractivity contribution in [3.63, 3.8) is 0 Å². The van der Waals surface area contributed by atoms with Crippen LogP contribution < -0.4 is 0 Å². The van der Waals surface area contributed by atoms with Crippen LogP contribution in [0.25, 0.3) is 0 Å². The minimum atomic E-state index is 0.775. The predicted octanol–water partition coefficient (Wildman–Crippen LogP) is 2.48. The van der Waals surface area contributed by atoms with Gasteiger partial charge in [0.2, 0.25) is 0 Å². The van der Waals surface area contributed by atoms with Gasteiger partial charge >= 0.3 is 0 Å². The Labute approximate surface area is 73.6 Å². The van der Waals surface area contributed by atoms with Crippen LogP contribution in [0.15, 0.2) is 12.1 Å². The van der Waals surface area contributed by atoms with Crippen LogP contribution in [0.5, 0.6) is 0 Å². The second kappa shape index (κ2) is 3.92. The zero-order valence-electron chi connectivity index (χ0n) is 7.52. The summed E-state index contributed by atoms with van der Waals surface area (Å²) < 4.78 is 0. The minimum absolute atomic E-state index is 0.775. The highest BCUT2D eigenvalue weighted by Crippen LogP contribution is 2.11. The Morgan fingerprint density at radius 1 is 1.42 bits per heavy atom. The normalized spacial score (nSPS) is 9.42. The molecule has 0 bridgehead atoms. The van der Waals surface area contributed by atoms with E-state index in [-0.39, 0.29) is 0 Å². The number of nitriles is 1. The fourth-order valence-electron chi connectivity index (χ4n) is 1.17. The summed E-state index contributed by atoms with van der Waals surface area (Å²) in [5.74, 6) is 0. The second-order valence-corrected chi connectivity index (χ2v) is 2.72. The molecule has 0 saturated heterocycles. The zero-order valence-corrected chi connectivity index (χ0v) is 7.52. The first-order valence-corrected chi connectivity index (χ1v) is 4.25. The Bertz CT molecular complexity index is 307. The number of rotatable bonds is 2. The van der Waals surface area contributed by atoms with Gasteiger partial charge in [-0.1, -0.05) is 19.9 Å². The van der Waals surface area contributed by atoms with Crippen LogP contribution in [-0.4, -0.2) is 0 Å². The Kier molecular flexibility index (Phi) is 2.88. The maximum Gasteiger partial charge on any atom is 0.0994 e. The molecule has 0 spiro atoms. The van der Waals surface area contributed by atoms with Crippen molar-refractivity contribution in [1.29, 1.82) is 5.26 Å². The molecular formula is C11H12N. The molecule has 0 aliphatic heterocycles. The molecule has 1 heteroatoms. The average molecular weight is 158 g/mol. The minimum Gasteiger partial charge on any atom is -0.192 e. The van der Waals surface area contributed by atoms with E-state index in [9.17, 15) is 0 Å². The predicted molar refractivity (Wildman–Crippen MR) is 48.7 cm³/mol. The first-order chi connectivity index (χ1) is 5.81. The summed E-state index contributed by atoms with van der Waals surface area (Å²) in [6.45, 7) is 4.12. The van der Waals surface area contributed by atoms with Gasteiger partial charge in [0.25, 0.3) is 0 Å². The molecule has 0 heterocycles. The van der Waals surface area contributed by atoms with E-state index in [0.29, 0.717) is 0 Å². The summed E-state index contributed by atoms with van der Waals surface area (Å²) in [6, 6.07) is 9.25. The van der Waals surface area contributed by atoms with E-state index in [2.05, 4.69) is 19.1 Å². The van der Waals surface area contributed by atoms with Gasteiger partial charge < -0.3 is 0 Å². The Hall–Kier alpha value is -1.29. The van der Waals surface area contributed by atoms with Gasteiger partial charge in [0.15, 0.2) is 0 Å². The summed E-state index contributed by atoms with van der Waals surface area (Å²) in [4.78, 5) is 0. The van der Waals surface area contributed by atoms with Crippen molar-refractivity contribution in [2.45, 2.75) is 26.7 Å². The van der Waals surface area contributed by atoms with Gasteiger partial charge in [-0.2, -0.15) is 5.26 Å². The van der Waals surface area contributed by atoms with Crippen LogP contribution in [-0.2, 0) is 12.8 Å². The lowest BCUT2D eigenvalue weighted by atomic mass is 10.0. The van der Waals surface area contributed by atoms with Gasteiger partial charge in [0.1, 0.15) is 0 Å². The van der Waals surface area contributed by atoms with Gasteiger partial charge in [-0.3, -0.25) is 0 Å². The number of nitrogens with zero attached hydrogens (tertiary/aromatic N) is 1. The highest BCUT2D eigenvalue weighted by Gasteiger charge is 2.00. The molecule has 1 rings (SSSR count). The molecule has 1 radical (unpaired) electrons. The molecule has 0 N–H and O–H groups in total. The third kappa shape index (κ3) is 1.65. The highest BCUT2D eigenvalue weighted by atomic mass is 14.2. The molecule has 61 valence electrons. The van der Waals surface area contributed by atoms with Gasteiger partial charge in [0, 0.05) is 0 Å². The molecule has 0 fully saturated rings. The van der Waals surface area contributed by atoms with Crippen LogP contribution in [0.2, 0.25) is 0 Å². The van der Waals surface area contributed by atoms with Crippen LogP contribution >= 0.6 is 0 Å². The van der Waals surface area contributed by atoms with Gasteiger partial charge in [0.05, 0.1) is 11.6 Å². The van der Waals surface area contributed by atoms with Gasteiger partial charge in [-0.05, 0) is 36.1 Å². The summed E-state index contributed by atoms with van der Waals surface area (Å²) in [5, 5.41) is 8.80. The van der Waals surface area contributed by atoms with Crippen molar-refractivity contribution in [3.8, 4) is 6.07 Å². The number of benzene rings is 1. The van der Waals surface area contributed by atoms with Crippen LogP contribution in [0.4, 0.5) is 0 Å². The average Bonchev–Trinajstić information content (AvgIpc) is 2.16. The van der Waals surface area contributed by atoms with E-state index >= 15 is 0 Å². The van der Waals surface area contributed by atoms with E-state index in [4.69, 9.17) is 5.26 Å². The second-order valence-electron chi connectivity index (χ2n) is 2.72. The SMILES string of the molecule is CCc1c[c]c(CC)c(C#N)c1. The topological polar surface area (TPSA) is 23.8 Å². The number of aryl methyl sites for hydroxylation is 2. The van der Waals surface area contributed by atoms with Gasteiger partial charge in [-0.25, -0.2) is 0 Å².